The van der Waals surface area contributed by atoms with Crippen LogP contribution in [0, 0.1) is 10.1 Å². The van der Waals surface area contributed by atoms with E-state index in [0.717, 1.165) is 6.07 Å². The normalized spacial score (nSPS) is 11.6. The van der Waals surface area contributed by atoms with Gasteiger partial charge in [0.05, 0.1) is 22.6 Å². The summed E-state index contributed by atoms with van der Waals surface area (Å²) in [6, 6.07) is 2.72. The standard InChI is InChI=1S/C13H15ClN2O5S/c1-21-13(18)11(5-6-22-2)15-12(17)9-4-3-8(16(19)20)7-10(9)14/h3-4,7,11H,5-6H2,1-2H3,(H,15,17)/t11-/m0/s1. The van der Waals surface area contributed by atoms with Gasteiger partial charge in [0.2, 0.25) is 0 Å². The molecule has 0 unspecified atom stereocenters. The summed E-state index contributed by atoms with van der Waals surface area (Å²) >= 11 is 7.41. The zero-order valence-electron chi connectivity index (χ0n) is 12.0. The number of nitro groups is 1. The number of amides is 1. The molecule has 1 N–H and O–H groups in total. The van der Waals surface area contributed by atoms with Crippen molar-refractivity contribution < 1.29 is 19.2 Å². The van der Waals surface area contributed by atoms with Crippen molar-refractivity contribution >= 4 is 40.9 Å². The van der Waals surface area contributed by atoms with Gasteiger partial charge in [-0.15, -0.1) is 0 Å². The SMILES string of the molecule is COC(=O)[C@H](CCSC)NC(=O)c1ccc([N+](=O)[O-])cc1Cl. The average molecular weight is 347 g/mol. The fourth-order valence-corrected chi connectivity index (χ4v) is 2.40. The molecule has 1 amide bonds. The van der Waals surface area contributed by atoms with Crippen molar-refractivity contribution in [2.45, 2.75) is 12.5 Å². The van der Waals surface area contributed by atoms with Gasteiger partial charge in [-0.25, -0.2) is 4.79 Å². The second-order valence-electron chi connectivity index (χ2n) is 4.25. The largest absolute Gasteiger partial charge is 0.467 e. The molecule has 0 saturated heterocycles. The molecule has 1 atom stereocenters. The van der Waals surface area contributed by atoms with Crippen molar-refractivity contribution in [2.24, 2.45) is 0 Å². The summed E-state index contributed by atoms with van der Waals surface area (Å²) in [7, 11) is 1.24. The van der Waals surface area contributed by atoms with Crippen LogP contribution in [0.25, 0.3) is 0 Å². The van der Waals surface area contributed by atoms with Crippen molar-refractivity contribution in [3.8, 4) is 0 Å². The molecule has 1 aromatic rings. The first-order valence-electron chi connectivity index (χ1n) is 6.22. The maximum Gasteiger partial charge on any atom is 0.328 e. The molecule has 0 bridgehead atoms. The molecule has 0 aliphatic heterocycles. The molecule has 120 valence electrons. The fourth-order valence-electron chi connectivity index (χ4n) is 1.66. The number of hydrogen-bond donors (Lipinski definition) is 1. The molecule has 9 heteroatoms. The van der Waals surface area contributed by atoms with Gasteiger partial charge < -0.3 is 10.1 Å². The average Bonchev–Trinajstić information content (AvgIpc) is 2.50. The predicted molar refractivity (Wildman–Crippen MR) is 84.4 cm³/mol. The molecule has 0 aromatic heterocycles. The van der Waals surface area contributed by atoms with Crippen LogP contribution in [0.1, 0.15) is 16.8 Å². The molecule has 0 fully saturated rings. The third-order valence-corrected chi connectivity index (χ3v) is 3.77. The monoisotopic (exact) mass is 346 g/mol. The highest BCUT2D eigenvalue weighted by Crippen LogP contribution is 2.22. The lowest BCUT2D eigenvalue weighted by atomic mass is 10.1. The maximum atomic E-state index is 12.2. The second-order valence-corrected chi connectivity index (χ2v) is 5.64. The lowest BCUT2D eigenvalue weighted by Gasteiger charge is -2.16. The predicted octanol–water partition coefficient (Wildman–Crippen LogP) is 2.27. The van der Waals surface area contributed by atoms with Crippen LogP contribution in [0.4, 0.5) is 5.69 Å². The lowest BCUT2D eigenvalue weighted by Crippen LogP contribution is -2.42. The van der Waals surface area contributed by atoms with Gasteiger partial charge in [-0.1, -0.05) is 11.6 Å². The molecule has 22 heavy (non-hydrogen) atoms. The van der Waals surface area contributed by atoms with E-state index in [9.17, 15) is 19.7 Å². The van der Waals surface area contributed by atoms with Crippen LogP contribution in [0.2, 0.25) is 5.02 Å². The Morgan fingerprint density at radius 3 is 2.68 bits per heavy atom. The third-order valence-electron chi connectivity index (χ3n) is 2.81. The molecule has 0 radical (unpaired) electrons. The number of carbonyl (C=O) groups is 2. The van der Waals surface area contributed by atoms with E-state index in [1.807, 2.05) is 6.26 Å². The Hall–Kier alpha value is -1.80. The van der Waals surface area contributed by atoms with Gasteiger partial charge in [-0.2, -0.15) is 11.8 Å². The second kappa shape index (κ2) is 8.60. The number of benzene rings is 1. The Labute approximate surface area is 136 Å². The van der Waals surface area contributed by atoms with Gasteiger partial charge in [-0.05, 0) is 24.5 Å². The Balaban J connectivity index is 2.89. The van der Waals surface area contributed by atoms with Gasteiger partial charge in [0.25, 0.3) is 11.6 Å². The number of methoxy groups -OCH3 is 1. The zero-order valence-corrected chi connectivity index (χ0v) is 13.6. The van der Waals surface area contributed by atoms with Crippen LogP contribution >= 0.6 is 23.4 Å². The van der Waals surface area contributed by atoms with Crippen LogP contribution in [-0.4, -0.2) is 42.0 Å². The molecule has 1 aromatic carbocycles. The number of nitrogens with one attached hydrogen (secondary N) is 1. The Morgan fingerprint density at radius 1 is 1.50 bits per heavy atom. The number of carbonyl (C=O) groups excluding carboxylic acids is 2. The number of rotatable bonds is 7. The number of esters is 1. The van der Waals surface area contributed by atoms with Gasteiger partial charge in [0.15, 0.2) is 0 Å². The van der Waals surface area contributed by atoms with Crippen molar-refractivity contribution in [3.05, 3.63) is 38.9 Å². The summed E-state index contributed by atoms with van der Waals surface area (Å²) < 4.78 is 4.64. The molecule has 0 aliphatic rings. The minimum Gasteiger partial charge on any atom is -0.467 e. The number of hydrogen-bond acceptors (Lipinski definition) is 6. The van der Waals surface area contributed by atoms with Crippen LogP contribution in [0.15, 0.2) is 18.2 Å². The van der Waals surface area contributed by atoms with E-state index in [1.54, 1.807) is 0 Å². The Bertz CT molecular complexity index is 582. The number of ether oxygens (including phenoxy) is 1. The highest BCUT2D eigenvalue weighted by molar-refractivity contribution is 7.98. The molecular weight excluding hydrogens is 332 g/mol. The molecular formula is C13H15ClN2O5S. The minimum atomic E-state index is -0.795. The molecule has 1 rings (SSSR count). The molecule has 0 spiro atoms. The zero-order chi connectivity index (χ0) is 16.7. The molecule has 7 nitrogen and oxygen atoms in total. The topological polar surface area (TPSA) is 98.5 Å². The summed E-state index contributed by atoms with van der Waals surface area (Å²) in [6.07, 6.45) is 2.29. The summed E-state index contributed by atoms with van der Waals surface area (Å²) in [4.78, 5) is 33.8. The van der Waals surface area contributed by atoms with E-state index < -0.39 is 22.8 Å². The van der Waals surface area contributed by atoms with Crippen molar-refractivity contribution in [2.75, 3.05) is 19.1 Å². The van der Waals surface area contributed by atoms with Crippen molar-refractivity contribution in [1.29, 1.82) is 0 Å². The number of halogens is 1. The van der Waals surface area contributed by atoms with Crippen LogP contribution in [0.5, 0.6) is 0 Å². The van der Waals surface area contributed by atoms with Crippen LogP contribution in [-0.2, 0) is 9.53 Å². The van der Waals surface area contributed by atoms with E-state index >= 15 is 0 Å². The quantitative estimate of drug-likeness (QED) is 0.462. The number of thioether (sulfide) groups is 1. The van der Waals surface area contributed by atoms with E-state index in [1.165, 1.54) is 31.0 Å². The van der Waals surface area contributed by atoms with E-state index in [4.69, 9.17) is 11.6 Å². The first-order chi connectivity index (χ1) is 10.4. The Morgan fingerprint density at radius 2 is 2.18 bits per heavy atom. The lowest BCUT2D eigenvalue weighted by molar-refractivity contribution is -0.384. The number of nitrogens with zero attached hydrogens (tertiary/aromatic N) is 1. The van der Waals surface area contributed by atoms with Gasteiger partial charge in [0, 0.05) is 12.1 Å². The molecule has 0 aliphatic carbocycles. The van der Waals surface area contributed by atoms with Gasteiger partial charge in [0.1, 0.15) is 6.04 Å². The van der Waals surface area contributed by atoms with E-state index in [-0.39, 0.29) is 16.3 Å². The summed E-state index contributed by atoms with van der Waals surface area (Å²) in [5.41, 5.74) is -0.154. The summed E-state index contributed by atoms with van der Waals surface area (Å²) in [5, 5.41) is 13.1. The highest BCUT2D eigenvalue weighted by atomic mass is 35.5. The maximum absolute atomic E-state index is 12.2. The fraction of sp³-hybridized carbons (Fsp3) is 0.385. The molecule has 0 heterocycles. The highest BCUT2D eigenvalue weighted by Gasteiger charge is 2.23. The smallest absolute Gasteiger partial charge is 0.328 e. The van der Waals surface area contributed by atoms with E-state index in [2.05, 4.69) is 10.1 Å². The first-order valence-corrected chi connectivity index (χ1v) is 7.99. The molecule has 0 saturated carbocycles. The summed E-state index contributed by atoms with van der Waals surface area (Å²) in [5.74, 6) is -0.481. The third kappa shape index (κ3) is 4.88. The number of non-ortho nitro benzene ring substituents is 1. The summed E-state index contributed by atoms with van der Waals surface area (Å²) in [6.45, 7) is 0. The van der Waals surface area contributed by atoms with Crippen LogP contribution < -0.4 is 5.32 Å². The van der Waals surface area contributed by atoms with Crippen LogP contribution in [0.3, 0.4) is 0 Å². The Kier molecular flexibility index (Phi) is 7.13. The van der Waals surface area contributed by atoms with Gasteiger partial charge in [-0.3, -0.25) is 14.9 Å². The van der Waals surface area contributed by atoms with Crippen molar-refractivity contribution in [1.82, 2.24) is 5.32 Å². The number of nitro benzene ring substituents is 1. The minimum absolute atomic E-state index is 0.0554. The van der Waals surface area contributed by atoms with Gasteiger partial charge >= 0.3 is 5.97 Å². The first kappa shape index (κ1) is 18.2. The van der Waals surface area contributed by atoms with E-state index in [0.29, 0.717) is 12.2 Å². The van der Waals surface area contributed by atoms with Crippen molar-refractivity contribution in [3.63, 3.8) is 0 Å².